The minimum atomic E-state index is -1.63. The summed E-state index contributed by atoms with van der Waals surface area (Å²) in [5.41, 5.74) is 2.75. The Morgan fingerprint density at radius 2 is 1.81 bits per heavy atom. The number of H-pyrrole nitrogens is 1. The molecular weight excluding hydrogens is 397 g/mol. The first kappa shape index (κ1) is 22.4. The minimum Gasteiger partial charge on any atom is -0.481 e. The minimum absolute atomic E-state index is 0.253. The molecule has 0 fully saturated rings. The number of aromatic amines is 1. The Bertz CT molecular complexity index is 1140. The van der Waals surface area contributed by atoms with Gasteiger partial charge in [0.05, 0.1) is 12.0 Å². The molecule has 2 aromatic carbocycles. The lowest BCUT2D eigenvalue weighted by Gasteiger charge is -2.18. The summed E-state index contributed by atoms with van der Waals surface area (Å²) in [6, 6.07) is 12.2. The van der Waals surface area contributed by atoms with Gasteiger partial charge >= 0.3 is 5.97 Å². The molecule has 0 amide bonds. The van der Waals surface area contributed by atoms with E-state index in [1.54, 1.807) is 18.2 Å². The third-order valence-electron chi connectivity index (χ3n) is 5.16. The van der Waals surface area contributed by atoms with E-state index in [1.807, 2.05) is 12.1 Å². The summed E-state index contributed by atoms with van der Waals surface area (Å²) in [6.07, 6.45) is 2.14. The number of aliphatic carboxylic acids is 1. The fourth-order valence-corrected chi connectivity index (χ4v) is 3.82. The molecule has 6 heteroatoms. The first-order valence-electron chi connectivity index (χ1n) is 10.1. The van der Waals surface area contributed by atoms with Gasteiger partial charge in [-0.25, -0.2) is 4.39 Å². The van der Waals surface area contributed by atoms with Crippen molar-refractivity contribution in [1.29, 1.82) is 0 Å². The number of rotatable bonds is 8. The van der Waals surface area contributed by atoms with Crippen molar-refractivity contribution >= 4 is 28.7 Å². The number of carbonyl (C=O) groups is 2. The van der Waals surface area contributed by atoms with Gasteiger partial charge in [0.1, 0.15) is 5.82 Å². The average Bonchev–Trinajstić information content (AvgIpc) is 3.04. The van der Waals surface area contributed by atoms with Gasteiger partial charge < -0.3 is 15.2 Å². The quantitative estimate of drug-likeness (QED) is 0.429. The monoisotopic (exact) mass is 423 g/mol. The summed E-state index contributed by atoms with van der Waals surface area (Å²) < 4.78 is 13.5. The molecule has 1 aromatic heterocycles. The molecule has 3 aromatic rings. The van der Waals surface area contributed by atoms with Crippen molar-refractivity contribution in [1.82, 2.24) is 4.98 Å². The van der Waals surface area contributed by atoms with Crippen LogP contribution in [0.5, 0.6) is 0 Å². The van der Waals surface area contributed by atoms with Gasteiger partial charge in [0.25, 0.3) is 0 Å². The Kier molecular flexibility index (Phi) is 6.41. The summed E-state index contributed by atoms with van der Waals surface area (Å²) in [6.45, 7) is 5.52. The zero-order chi connectivity index (χ0) is 22.8. The molecule has 0 bridgehead atoms. The Morgan fingerprint density at radius 3 is 2.42 bits per heavy atom. The molecule has 0 radical (unpaired) electrons. The predicted molar refractivity (Wildman–Crippen MR) is 119 cm³/mol. The first-order valence-corrected chi connectivity index (χ1v) is 10.1. The highest BCUT2D eigenvalue weighted by atomic mass is 19.1. The van der Waals surface area contributed by atoms with Crippen molar-refractivity contribution in [3.63, 3.8) is 0 Å². The van der Waals surface area contributed by atoms with E-state index >= 15 is 0 Å². The van der Waals surface area contributed by atoms with Crippen LogP contribution in [0, 0.1) is 5.82 Å². The van der Waals surface area contributed by atoms with Crippen LogP contribution in [-0.2, 0) is 9.59 Å². The Morgan fingerprint density at radius 1 is 1.13 bits per heavy atom. The van der Waals surface area contributed by atoms with Crippen LogP contribution in [0.25, 0.3) is 28.1 Å². The number of halogens is 1. The number of hydrogen-bond donors (Lipinski definition) is 3. The molecule has 0 aliphatic rings. The number of ketones is 1. The van der Waals surface area contributed by atoms with Gasteiger partial charge in [-0.05, 0) is 54.3 Å². The van der Waals surface area contributed by atoms with Crippen LogP contribution >= 0.6 is 0 Å². The molecule has 0 spiro atoms. The summed E-state index contributed by atoms with van der Waals surface area (Å²) in [4.78, 5) is 26.6. The van der Waals surface area contributed by atoms with Gasteiger partial charge in [0.2, 0.25) is 0 Å². The molecule has 3 rings (SSSR count). The molecule has 3 N–H and O–H groups in total. The molecule has 31 heavy (non-hydrogen) atoms. The normalized spacial score (nSPS) is 13.7. The zero-order valence-corrected chi connectivity index (χ0v) is 17.8. The lowest BCUT2D eigenvalue weighted by molar-refractivity contribution is -0.142. The second kappa shape index (κ2) is 8.86. The number of benzene rings is 2. The van der Waals surface area contributed by atoms with Gasteiger partial charge in [-0.2, -0.15) is 0 Å². The van der Waals surface area contributed by atoms with Gasteiger partial charge in [0, 0.05) is 28.6 Å². The van der Waals surface area contributed by atoms with Crippen LogP contribution in [-0.4, -0.2) is 32.6 Å². The maximum Gasteiger partial charge on any atom is 0.306 e. The predicted octanol–water partition coefficient (Wildman–Crippen LogP) is 5.30. The van der Waals surface area contributed by atoms with E-state index in [2.05, 4.69) is 24.9 Å². The summed E-state index contributed by atoms with van der Waals surface area (Å²) in [5, 5.41) is 20.0. The van der Waals surface area contributed by atoms with Crippen molar-refractivity contribution in [2.45, 2.75) is 45.1 Å². The van der Waals surface area contributed by atoms with Crippen LogP contribution in [0.15, 0.2) is 48.5 Å². The van der Waals surface area contributed by atoms with Crippen molar-refractivity contribution in [3.8, 4) is 11.1 Å². The number of carboxylic acids is 1. The third kappa shape index (κ3) is 5.27. The molecule has 0 aliphatic carbocycles. The Balaban J connectivity index is 2.06. The number of aromatic nitrogens is 1. The van der Waals surface area contributed by atoms with E-state index in [0.717, 1.165) is 27.6 Å². The molecule has 0 saturated heterocycles. The number of aliphatic hydroxyl groups is 1. The van der Waals surface area contributed by atoms with Crippen molar-refractivity contribution in [3.05, 3.63) is 65.6 Å². The number of allylic oxidation sites excluding steroid dienone is 1. The van der Waals surface area contributed by atoms with E-state index in [1.165, 1.54) is 25.1 Å². The maximum atomic E-state index is 13.5. The molecule has 1 heterocycles. The summed E-state index contributed by atoms with van der Waals surface area (Å²) >= 11 is 0. The number of hydrogen-bond acceptors (Lipinski definition) is 3. The topological polar surface area (TPSA) is 90.4 Å². The lowest BCUT2D eigenvalue weighted by Crippen LogP contribution is -2.30. The second-order valence-electron chi connectivity index (χ2n) is 8.39. The maximum absolute atomic E-state index is 13.5. The van der Waals surface area contributed by atoms with E-state index in [4.69, 9.17) is 5.11 Å². The highest BCUT2D eigenvalue weighted by Crippen LogP contribution is 2.38. The summed E-state index contributed by atoms with van der Waals surface area (Å²) in [5.74, 6) is -1.64. The number of nitrogens with one attached hydrogen (secondary N) is 1. The largest absolute Gasteiger partial charge is 0.481 e. The number of carbonyl (C=O) groups excluding carboxylic acids is 1. The van der Waals surface area contributed by atoms with Crippen LogP contribution in [0.3, 0.4) is 0 Å². The first-order chi connectivity index (χ1) is 14.6. The zero-order valence-electron chi connectivity index (χ0n) is 17.8. The third-order valence-corrected chi connectivity index (χ3v) is 5.16. The van der Waals surface area contributed by atoms with Crippen molar-refractivity contribution in [2.75, 3.05) is 0 Å². The van der Waals surface area contributed by atoms with Crippen LogP contribution < -0.4 is 0 Å². The molecule has 5 nitrogen and oxygen atoms in total. The van der Waals surface area contributed by atoms with Crippen LogP contribution in [0.4, 0.5) is 4.39 Å². The molecular formula is C25H26FNO4. The number of carboxylic acid groups (broad SMARTS) is 1. The summed E-state index contributed by atoms with van der Waals surface area (Å²) in [7, 11) is 0. The van der Waals surface area contributed by atoms with Crippen molar-refractivity contribution in [2.24, 2.45) is 0 Å². The molecule has 0 unspecified atom stereocenters. The second-order valence-corrected chi connectivity index (χ2v) is 8.39. The molecule has 0 aliphatic heterocycles. The van der Waals surface area contributed by atoms with Crippen molar-refractivity contribution < 1.29 is 24.2 Å². The van der Waals surface area contributed by atoms with Crippen LogP contribution in [0.1, 0.15) is 50.8 Å². The standard InChI is InChI=1S/C25H26FNO4/c1-15(2)19-5-4-6-20-24(19)23(16-7-9-17(26)10-8-16)21(27-20)12-11-18(28)13-25(3,31)14-22(29)30/h4-12,15,27,31H,13-14H2,1-3H3,(H,29,30)/b12-11+/t25-/m1/s1. The van der Waals surface area contributed by atoms with Gasteiger partial charge in [-0.3, -0.25) is 9.59 Å². The van der Waals surface area contributed by atoms with Gasteiger partial charge in [-0.15, -0.1) is 0 Å². The van der Waals surface area contributed by atoms with E-state index < -0.39 is 18.0 Å². The molecule has 1 atom stereocenters. The lowest BCUT2D eigenvalue weighted by atomic mass is 9.92. The van der Waals surface area contributed by atoms with Crippen LogP contribution in [0.2, 0.25) is 0 Å². The Labute approximate surface area is 180 Å². The van der Waals surface area contributed by atoms with Gasteiger partial charge in [-0.1, -0.05) is 38.1 Å². The average molecular weight is 423 g/mol. The van der Waals surface area contributed by atoms with E-state index in [0.29, 0.717) is 5.69 Å². The number of fused-ring (bicyclic) bond motifs is 1. The van der Waals surface area contributed by atoms with Gasteiger partial charge in [0.15, 0.2) is 5.78 Å². The fourth-order valence-electron chi connectivity index (χ4n) is 3.82. The van der Waals surface area contributed by atoms with E-state index in [-0.39, 0.29) is 23.9 Å². The fraction of sp³-hybridized carbons (Fsp3) is 0.280. The smallest absolute Gasteiger partial charge is 0.306 e. The SMILES string of the molecule is CC(C)c1cccc2[nH]c(/C=C/C(=O)C[C@@](C)(O)CC(=O)O)c(-c3ccc(F)cc3)c12. The molecule has 0 saturated carbocycles. The Hall–Kier alpha value is -3.25. The highest BCUT2D eigenvalue weighted by Gasteiger charge is 2.26. The highest BCUT2D eigenvalue weighted by molar-refractivity contribution is 6.04. The van der Waals surface area contributed by atoms with E-state index in [9.17, 15) is 19.1 Å². The molecule has 162 valence electrons.